The van der Waals surface area contributed by atoms with Crippen molar-refractivity contribution >= 4 is 32.0 Å². The van der Waals surface area contributed by atoms with E-state index in [4.69, 9.17) is 5.73 Å². The van der Waals surface area contributed by atoms with Gasteiger partial charge in [0.25, 0.3) is 0 Å². The molecular formula is C10H17N3O4S2. The van der Waals surface area contributed by atoms with Crippen LogP contribution in [0.3, 0.4) is 0 Å². The Morgan fingerprint density at radius 2 is 2.05 bits per heavy atom. The average molecular weight is 307 g/mol. The second kappa shape index (κ2) is 5.85. The van der Waals surface area contributed by atoms with Crippen molar-refractivity contribution in [2.75, 3.05) is 12.3 Å². The maximum atomic E-state index is 12.0. The van der Waals surface area contributed by atoms with Gasteiger partial charge in [-0.25, -0.2) is 13.1 Å². The molecule has 1 unspecified atom stereocenters. The Morgan fingerprint density at radius 1 is 1.47 bits per heavy atom. The van der Waals surface area contributed by atoms with E-state index in [-0.39, 0.29) is 27.4 Å². The van der Waals surface area contributed by atoms with Crippen LogP contribution in [0.1, 0.15) is 20.8 Å². The lowest BCUT2D eigenvalue weighted by molar-refractivity contribution is -0.383. The molecule has 0 fully saturated rings. The third-order valence-electron chi connectivity index (χ3n) is 2.91. The van der Waals surface area contributed by atoms with Crippen LogP contribution >= 0.6 is 11.3 Å². The normalized spacial score (nSPS) is 13.7. The maximum Gasteiger partial charge on any atom is 0.304 e. The Labute approximate surface area is 116 Å². The third kappa shape index (κ3) is 3.88. The minimum Gasteiger partial charge on any atom is -0.385 e. The first-order valence-corrected chi connectivity index (χ1v) is 7.98. The molecule has 7 nitrogen and oxygen atoms in total. The van der Waals surface area contributed by atoms with Gasteiger partial charge in [-0.05, 0) is 11.8 Å². The van der Waals surface area contributed by atoms with Crippen LogP contribution in [-0.2, 0) is 10.0 Å². The number of rotatable bonds is 6. The van der Waals surface area contributed by atoms with Crippen LogP contribution in [0.4, 0.5) is 10.7 Å². The first kappa shape index (κ1) is 15.9. The molecule has 0 saturated heterocycles. The third-order valence-corrected chi connectivity index (χ3v) is 5.76. The molecular weight excluding hydrogens is 290 g/mol. The maximum absolute atomic E-state index is 12.0. The molecule has 0 aliphatic carbocycles. The van der Waals surface area contributed by atoms with Gasteiger partial charge in [0.2, 0.25) is 10.0 Å². The highest BCUT2D eigenvalue weighted by atomic mass is 32.2. The zero-order valence-electron chi connectivity index (χ0n) is 10.9. The van der Waals surface area contributed by atoms with Gasteiger partial charge in [-0.15, -0.1) is 0 Å². The van der Waals surface area contributed by atoms with Gasteiger partial charge in [0.1, 0.15) is 4.21 Å². The van der Waals surface area contributed by atoms with E-state index >= 15 is 0 Å². The molecule has 1 heterocycles. The molecule has 0 spiro atoms. The second-order valence-corrected chi connectivity index (χ2v) is 7.72. The number of nitro groups is 1. The molecule has 0 saturated carbocycles. The van der Waals surface area contributed by atoms with Crippen LogP contribution in [0.15, 0.2) is 10.3 Å². The number of nitrogens with one attached hydrogen (secondary N) is 1. The summed E-state index contributed by atoms with van der Waals surface area (Å²) < 4.78 is 26.2. The van der Waals surface area contributed by atoms with Gasteiger partial charge in [0.05, 0.1) is 4.92 Å². The first-order chi connectivity index (χ1) is 8.65. The highest BCUT2D eigenvalue weighted by Crippen LogP contribution is 2.34. The van der Waals surface area contributed by atoms with E-state index in [1.165, 1.54) is 0 Å². The predicted octanol–water partition coefficient (Wildman–Crippen LogP) is 1.81. The largest absolute Gasteiger partial charge is 0.385 e. The Balaban J connectivity index is 2.89. The molecule has 19 heavy (non-hydrogen) atoms. The fourth-order valence-corrected chi connectivity index (χ4v) is 3.60. The highest BCUT2D eigenvalue weighted by Gasteiger charge is 2.25. The van der Waals surface area contributed by atoms with E-state index in [0.717, 1.165) is 6.07 Å². The lowest BCUT2D eigenvalue weighted by Gasteiger charge is -2.15. The fourth-order valence-electron chi connectivity index (χ4n) is 1.20. The molecule has 3 N–H and O–H groups in total. The van der Waals surface area contributed by atoms with Crippen molar-refractivity contribution in [3.05, 3.63) is 16.2 Å². The molecule has 9 heteroatoms. The molecule has 1 atom stereocenters. The van der Waals surface area contributed by atoms with E-state index in [9.17, 15) is 18.5 Å². The smallest absolute Gasteiger partial charge is 0.304 e. The number of nitrogens with zero attached hydrogens (tertiary/aromatic N) is 1. The quantitative estimate of drug-likeness (QED) is 0.614. The van der Waals surface area contributed by atoms with Crippen molar-refractivity contribution in [1.29, 1.82) is 0 Å². The standard InChI is InChI=1S/C10H17N3O4S2/c1-6(2)7(3)5-12-19(16,17)9-4-8(13(14)15)10(11)18-9/h4,6-7,12H,5,11H2,1-3H3. The molecule has 108 valence electrons. The molecule has 1 rings (SSSR count). The van der Waals surface area contributed by atoms with Gasteiger partial charge in [-0.1, -0.05) is 32.1 Å². The lowest BCUT2D eigenvalue weighted by Crippen LogP contribution is -2.29. The zero-order valence-corrected chi connectivity index (χ0v) is 12.5. The molecule has 0 aliphatic heterocycles. The Morgan fingerprint density at radius 3 is 2.47 bits per heavy atom. The first-order valence-electron chi connectivity index (χ1n) is 5.68. The minimum absolute atomic E-state index is 0.109. The van der Waals surface area contributed by atoms with Gasteiger partial charge >= 0.3 is 5.69 Å². The van der Waals surface area contributed by atoms with Crippen molar-refractivity contribution in [1.82, 2.24) is 4.72 Å². The van der Waals surface area contributed by atoms with Gasteiger partial charge in [0, 0.05) is 12.6 Å². The van der Waals surface area contributed by atoms with Crippen molar-refractivity contribution in [2.45, 2.75) is 25.0 Å². The number of nitrogens with two attached hydrogens (primary N) is 1. The van der Waals surface area contributed by atoms with Gasteiger partial charge < -0.3 is 5.73 Å². The predicted molar refractivity (Wildman–Crippen MR) is 74.6 cm³/mol. The number of sulfonamides is 1. The van der Waals surface area contributed by atoms with E-state index in [2.05, 4.69) is 4.72 Å². The van der Waals surface area contributed by atoms with Crippen molar-refractivity contribution in [3.63, 3.8) is 0 Å². The van der Waals surface area contributed by atoms with Crippen molar-refractivity contribution in [2.24, 2.45) is 11.8 Å². The molecule has 0 radical (unpaired) electrons. The fraction of sp³-hybridized carbons (Fsp3) is 0.600. The molecule has 0 bridgehead atoms. The number of thiophene rings is 1. The summed E-state index contributed by atoms with van der Waals surface area (Å²) in [5.74, 6) is 0.507. The monoisotopic (exact) mass is 307 g/mol. The molecule has 0 amide bonds. The summed E-state index contributed by atoms with van der Waals surface area (Å²) >= 11 is 0.695. The van der Waals surface area contributed by atoms with Crippen LogP contribution in [0, 0.1) is 22.0 Å². The van der Waals surface area contributed by atoms with Crippen LogP contribution < -0.4 is 10.5 Å². The molecule has 1 aromatic rings. The van der Waals surface area contributed by atoms with E-state index in [0.29, 0.717) is 17.3 Å². The number of hydrogen-bond acceptors (Lipinski definition) is 6. The van der Waals surface area contributed by atoms with E-state index < -0.39 is 14.9 Å². The van der Waals surface area contributed by atoms with Crippen molar-refractivity contribution < 1.29 is 13.3 Å². The summed E-state index contributed by atoms with van der Waals surface area (Å²) in [6.45, 7) is 6.20. The summed E-state index contributed by atoms with van der Waals surface area (Å²) in [5, 5.41) is 10.5. The Bertz CT molecular complexity index is 565. The molecule has 0 aliphatic rings. The van der Waals surface area contributed by atoms with Gasteiger partial charge in [-0.2, -0.15) is 0 Å². The Kier molecular flexibility index (Phi) is 4.88. The van der Waals surface area contributed by atoms with Crippen LogP contribution in [0.2, 0.25) is 0 Å². The highest BCUT2D eigenvalue weighted by molar-refractivity contribution is 7.91. The van der Waals surface area contributed by atoms with Crippen LogP contribution in [-0.4, -0.2) is 19.9 Å². The number of anilines is 1. The van der Waals surface area contributed by atoms with Crippen molar-refractivity contribution in [3.8, 4) is 0 Å². The summed E-state index contributed by atoms with van der Waals surface area (Å²) in [5.41, 5.74) is 5.05. The minimum atomic E-state index is -3.74. The van der Waals surface area contributed by atoms with Crippen LogP contribution in [0.25, 0.3) is 0 Å². The Hall–Kier alpha value is -1.19. The molecule has 0 aromatic carbocycles. The summed E-state index contributed by atoms with van der Waals surface area (Å²) in [4.78, 5) is 9.94. The van der Waals surface area contributed by atoms with Crippen LogP contribution in [0.5, 0.6) is 0 Å². The summed E-state index contributed by atoms with van der Waals surface area (Å²) in [7, 11) is -3.74. The second-order valence-electron chi connectivity index (χ2n) is 4.65. The lowest BCUT2D eigenvalue weighted by atomic mass is 9.99. The van der Waals surface area contributed by atoms with E-state index in [1.807, 2.05) is 20.8 Å². The molecule has 1 aromatic heterocycles. The number of hydrogen-bond donors (Lipinski definition) is 2. The van der Waals surface area contributed by atoms with E-state index in [1.54, 1.807) is 0 Å². The van der Waals surface area contributed by atoms with Gasteiger partial charge in [0.15, 0.2) is 5.00 Å². The topological polar surface area (TPSA) is 115 Å². The summed E-state index contributed by atoms with van der Waals surface area (Å²) in [6.07, 6.45) is 0. The average Bonchev–Trinajstić information content (AvgIpc) is 2.69. The van der Waals surface area contributed by atoms with Gasteiger partial charge in [-0.3, -0.25) is 10.1 Å². The zero-order chi connectivity index (χ0) is 14.8. The SMILES string of the molecule is CC(C)C(C)CNS(=O)(=O)c1cc([N+](=O)[O-])c(N)s1. The number of nitrogen functional groups attached to an aromatic ring is 1. The summed E-state index contributed by atoms with van der Waals surface area (Å²) in [6, 6.07) is 0.988.